The molecule has 4 aromatic rings. The van der Waals surface area contributed by atoms with Crippen molar-refractivity contribution >= 4 is 35.0 Å². The topological polar surface area (TPSA) is 81.4 Å². The SMILES string of the molecule is COc1cccc(C(C)=NNC(=O)CSc2nnc(-c3ccccc3)n2-c2ccc(Cl)cc2)c1. The van der Waals surface area contributed by atoms with Crippen LogP contribution < -0.4 is 10.2 Å². The number of halogens is 1. The van der Waals surface area contributed by atoms with E-state index in [0.29, 0.717) is 21.7 Å². The van der Waals surface area contributed by atoms with Crippen LogP contribution in [0.4, 0.5) is 0 Å². The zero-order valence-corrected chi connectivity index (χ0v) is 20.2. The summed E-state index contributed by atoms with van der Waals surface area (Å²) in [4.78, 5) is 12.5. The fourth-order valence-electron chi connectivity index (χ4n) is 3.18. The van der Waals surface area contributed by atoms with Gasteiger partial charge >= 0.3 is 0 Å². The molecule has 34 heavy (non-hydrogen) atoms. The average molecular weight is 492 g/mol. The van der Waals surface area contributed by atoms with Gasteiger partial charge in [-0.1, -0.05) is 65.8 Å². The minimum atomic E-state index is -0.251. The first-order valence-electron chi connectivity index (χ1n) is 10.4. The lowest BCUT2D eigenvalue weighted by atomic mass is 10.1. The Morgan fingerprint density at radius 1 is 1.06 bits per heavy atom. The number of hydrazone groups is 1. The molecule has 0 saturated carbocycles. The van der Waals surface area contributed by atoms with Gasteiger partial charge in [0.25, 0.3) is 5.91 Å². The van der Waals surface area contributed by atoms with Gasteiger partial charge in [0.05, 0.1) is 18.6 Å². The number of ether oxygens (including phenoxy) is 1. The Morgan fingerprint density at radius 2 is 1.82 bits per heavy atom. The molecule has 0 aliphatic carbocycles. The Kier molecular flexibility index (Phi) is 7.61. The van der Waals surface area contributed by atoms with Crippen LogP contribution in [-0.2, 0) is 4.79 Å². The van der Waals surface area contributed by atoms with Gasteiger partial charge in [0.15, 0.2) is 11.0 Å². The maximum absolute atomic E-state index is 12.5. The Hall–Kier alpha value is -3.62. The zero-order valence-electron chi connectivity index (χ0n) is 18.6. The van der Waals surface area contributed by atoms with E-state index in [1.54, 1.807) is 7.11 Å². The van der Waals surface area contributed by atoms with Gasteiger partial charge in [-0.05, 0) is 43.3 Å². The zero-order chi connectivity index (χ0) is 23.9. The number of carbonyl (C=O) groups excluding carboxylic acids is 1. The van der Waals surface area contributed by atoms with Crippen molar-refractivity contribution in [3.05, 3.63) is 89.4 Å². The summed E-state index contributed by atoms with van der Waals surface area (Å²) in [6, 6.07) is 24.7. The van der Waals surface area contributed by atoms with Crippen LogP contribution >= 0.6 is 23.4 Å². The molecule has 9 heteroatoms. The number of benzene rings is 3. The van der Waals surface area contributed by atoms with Gasteiger partial charge < -0.3 is 4.74 Å². The monoisotopic (exact) mass is 491 g/mol. The fourth-order valence-corrected chi connectivity index (χ4v) is 4.05. The summed E-state index contributed by atoms with van der Waals surface area (Å²) in [6.07, 6.45) is 0. The summed E-state index contributed by atoms with van der Waals surface area (Å²) in [7, 11) is 1.61. The number of methoxy groups -OCH3 is 1. The molecule has 172 valence electrons. The standard InChI is InChI=1S/C25H22ClN5O2S/c1-17(19-9-6-10-22(15-19)33-2)27-28-23(32)16-34-25-30-29-24(18-7-4-3-5-8-18)31(25)21-13-11-20(26)12-14-21/h3-15H,16H2,1-2H3,(H,28,32). The molecule has 4 rings (SSSR count). The second-order valence-electron chi connectivity index (χ2n) is 7.24. The number of hydrogen-bond donors (Lipinski definition) is 1. The molecule has 0 radical (unpaired) electrons. The van der Waals surface area contributed by atoms with Crippen LogP contribution in [-0.4, -0.2) is 39.2 Å². The van der Waals surface area contributed by atoms with Crippen molar-refractivity contribution in [3.8, 4) is 22.8 Å². The first-order valence-corrected chi connectivity index (χ1v) is 11.8. The second kappa shape index (κ2) is 11.0. The third kappa shape index (κ3) is 5.65. The molecule has 0 bridgehead atoms. The molecular weight excluding hydrogens is 470 g/mol. The van der Waals surface area contributed by atoms with Gasteiger partial charge in [0.1, 0.15) is 5.75 Å². The highest BCUT2D eigenvalue weighted by Crippen LogP contribution is 2.28. The van der Waals surface area contributed by atoms with Crippen molar-refractivity contribution < 1.29 is 9.53 Å². The minimum Gasteiger partial charge on any atom is -0.497 e. The highest BCUT2D eigenvalue weighted by atomic mass is 35.5. The summed E-state index contributed by atoms with van der Waals surface area (Å²) < 4.78 is 7.15. The molecule has 0 unspecified atom stereocenters. The highest BCUT2D eigenvalue weighted by molar-refractivity contribution is 7.99. The Bertz CT molecular complexity index is 1310. The highest BCUT2D eigenvalue weighted by Gasteiger charge is 2.17. The van der Waals surface area contributed by atoms with Crippen molar-refractivity contribution in [1.29, 1.82) is 0 Å². The van der Waals surface area contributed by atoms with E-state index in [1.165, 1.54) is 11.8 Å². The molecule has 0 atom stereocenters. The number of nitrogens with one attached hydrogen (secondary N) is 1. The summed E-state index contributed by atoms with van der Waals surface area (Å²) >= 11 is 7.35. The number of thioether (sulfide) groups is 1. The minimum absolute atomic E-state index is 0.120. The van der Waals surface area contributed by atoms with Gasteiger partial charge in [-0.3, -0.25) is 9.36 Å². The van der Waals surface area contributed by atoms with Crippen LogP contribution in [0.25, 0.3) is 17.1 Å². The predicted molar refractivity (Wildman–Crippen MR) is 136 cm³/mol. The van der Waals surface area contributed by atoms with E-state index in [4.69, 9.17) is 16.3 Å². The number of amides is 1. The van der Waals surface area contributed by atoms with Crippen molar-refractivity contribution in [1.82, 2.24) is 20.2 Å². The van der Waals surface area contributed by atoms with E-state index >= 15 is 0 Å². The van der Waals surface area contributed by atoms with E-state index in [1.807, 2.05) is 90.4 Å². The van der Waals surface area contributed by atoms with Gasteiger partial charge in [0.2, 0.25) is 0 Å². The number of rotatable bonds is 8. The maximum Gasteiger partial charge on any atom is 0.250 e. The van der Waals surface area contributed by atoms with Crippen LogP contribution in [0.1, 0.15) is 12.5 Å². The molecule has 0 saturated heterocycles. The van der Waals surface area contributed by atoms with Crippen molar-refractivity contribution in [2.24, 2.45) is 5.10 Å². The van der Waals surface area contributed by atoms with E-state index in [0.717, 1.165) is 22.6 Å². The number of aromatic nitrogens is 3. The summed E-state index contributed by atoms with van der Waals surface area (Å²) in [6.45, 7) is 1.82. The molecule has 0 aliphatic rings. The van der Waals surface area contributed by atoms with Gasteiger partial charge in [-0.2, -0.15) is 5.10 Å². The maximum atomic E-state index is 12.5. The quantitative estimate of drug-likeness (QED) is 0.207. The van der Waals surface area contributed by atoms with Gasteiger partial charge in [0, 0.05) is 21.8 Å². The summed E-state index contributed by atoms with van der Waals surface area (Å²) in [5.74, 6) is 1.27. The Labute approximate surface area is 206 Å². The van der Waals surface area contributed by atoms with Crippen molar-refractivity contribution in [3.63, 3.8) is 0 Å². The van der Waals surface area contributed by atoms with Crippen molar-refractivity contribution in [2.75, 3.05) is 12.9 Å². The molecule has 0 spiro atoms. The number of hydrogen-bond acceptors (Lipinski definition) is 6. The summed E-state index contributed by atoms with van der Waals surface area (Å²) in [5, 5.41) is 14.2. The van der Waals surface area contributed by atoms with Gasteiger partial charge in [-0.25, -0.2) is 5.43 Å². The number of nitrogens with zero attached hydrogens (tertiary/aromatic N) is 4. The molecule has 1 N–H and O–H groups in total. The largest absolute Gasteiger partial charge is 0.497 e. The second-order valence-corrected chi connectivity index (χ2v) is 8.62. The molecule has 7 nitrogen and oxygen atoms in total. The van der Waals surface area contributed by atoms with Crippen molar-refractivity contribution in [2.45, 2.75) is 12.1 Å². The molecule has 0 fully saturated rings. The molecule has 1 heterocycles. The van der Waals surface area contributed by atoms with Crippen LogP contribution in [0.2, 0.25) is 5.02 Å². The Morgan fingerprint density at radius 3 is 2.56 bits per heavy atom. The normalized spacial score (nSPS) is 11.3. The molecule has 1 amide bonds. The smallest absolute Gasteiger partial charge is 0.250 e. The number of carbonyl (C=O) groups is 1. The lowest BCUT2D eigenvalue weighted by molar-refractivity contribution is -0.118. The van der Waals surface area contributed by atoms with E-state index in [2.05, 4.69) is 20.7 Å². The molecular formula is C25H22ClN5O2S. The predicted octanol–water partition coefficient (Wildman–Crippen LogP) is 5.23. The van der Waals surface area contributed by atoms with Crippen LogP contribution in [0, 0.1) is 0 Å². The van der Waals surface area contributed by atoms with E-state index in [-0.39, 0.29) is 11.7 Å². The lowest BCUT2D eigenvalue weighted by Crippen LogP contribution is -2.21. The van der Waals surface area contributed by atoms with Crippen LogP contribution in [0.15, 0.2) is 89.1 Å². The van der Waals surface area contributed by atoms with E-state index < -0.39 is 0 Å². The molecule has 1 aromatic heterocycles. The third-order valence-electron chi connectivity index (χ3n) is 4.92. The lowest BCUT2D eigenvalue weighted by Gasteiger charge is -2.10. The third-order valence-corrected chi connectivity index (χ3v) is 6.10. The van der Waals surface area contributed by atoms with Crippen LogP contribution in [0.3, 0.4) is 0 Å². The molecule has 0 aliphatic heterocycles. The first kappa shape index (κ1) is 23.5. The van der Waals surface area contributed by atoms with E-state index in [9.17, 15) is 4.79 Å². The average Bonchev–Trinajstić information content (AvgIpc) is 3.31. The first-order chi connectivity index (χ1) is 16.5. The molecule has 3 aromatic carbocycles. The van der Waals surface area contributed by atoms with Gasteiger partial charge in [-0.15, -0.1) is 10.2 Å². The Balaban J connectivity index is 1.51. The van der Waals surface area contributed by atoms with Crippen LogP contribution in [0.5, 0.6) is 5.75 Å². The summed E-state index contributed by atoms with van der Waals surface area (Å²) in [5.41, 5.74) is 5.91. The fraction of sp³-hybridized carbons (Fsp3) is 0.120.